The highest BCUT2D eigenvalue weighted by molar-refractivity contribution is 5.30. The van der Waals surface area contributed by atoms with Crippen molar-refractivity contribution in [2.45, 2.75) is 33.9 Å². The van der Waals surface area contributed by atoms with Crippen molar-refractivity contribution < 1.29 is 4.39 Å². The van der Waals surface area contributed by atoms with E-state index in [0.717, 1.165) is 31.0 Å². The van der Waals surface area contributed by atoms with Gasteiger partial charge in [-0.1, -0.05) is 12.1 Å². The zero-order valence-corrected chi connectivity index (χ0v) is 11.7. The van der Waals surface area contributed by atoms with Crippen LogP contribution >= 0.6 is 0 Å². The molecule has 1 aromatic heterocycles. The van der Waals surface area contributed by atoms with E-state index in [2.05, 4.69) is 14.9 Å². The van der Waals surface area contributed by atoms with Crippen molar-refractivity contribution in [2.75, 3.05) is 6.54 Å². The smallest absolute Gasteiger partial charge is 0.129 e. The predicted octanol–water partition coefficient (Wildman–Crippen LogP) is 2.74. The molecule has 0 amide bonds. The molecular formula is C15H20FN3. The van der Waals surface area contributed by atoms with Crippen molar-refractivity contribution in [3.63, 3.8) is 0 Å². The van der Waals surface area contributed by atoms with Crippen molar-refractivity contribution in [1.29, 1.82) is 0 Å². The van der Waals surface area contributed by atoms with E-state index in [-0.39, 0.29) is 5.82 Å². The molecule has 0 unspecified atom stereocenters. The summed E-state index contributed by atoms with van der Waals surface area (Å²) in [6.07, 6.45) is 3.78. The first-order valence-corrected chi connectivity index (χ1v) is 6.52. The summed E-state index contributed by atoms with van der Waals surface area (Å²) in [4.78, 5) is 4.18. The normalized spacial score (nSPS) is 10.9. The van der Waals surface area contributed by atoms with Crippen molar-refractivity contribution in [1.82, 2.24) is 14.9 Å². The Morgan fingerprint density at radius 1 is 1.21 bits per heavy atom. The van der Waals surface area contributed by atoms with Crippen molar-refractivity contribution >= 4 is 0 Å². The van der Waals surface area contributed by atoms with Gasteiger partial charge in [0.25, 0.3) is 0 Å². The number of nitrogens with zero attached hydrogens (tertiary/aromatic N) is 2. The standard InChI is InChI=1S/C15H20FN3/c1-11-8-14(9-12(2)15(11)16)10-17-4-6-19-7-5-18-13(19)3/h5,7-9,17H,4,6,10H2,1-3H3. The van der Waals surface area contributed by atoms with Gasteiger partial charge in [0.2, 0.25) is 0 Å². The molecule has 19 heavy (non-hydrogen) atoms. The molecule has 0 fully saturated rings. The van der Waals surface area contributed by atoms with Crippen LogP contribution in [0.4, 0.5) is 4.39 Å². The van der Waals surface area contributed by atoms with Crippen LogP contribution in [0.5, 0.6) is 0 Å². The van der Waals surface area contributed by atoms with E-state index < -0.39 is 0 Å². The Balaban J connectivity index is 1.85. The minimum Gasteiger partial charge on any atom is -0.334 e. The third-order valence-corrected chi connectivity index (χ3v) is 3.28. The summed E-state index contributed by atoms with van der Waals surface area (Å²) in [7, 11) is 0. The Morgan fingerprint density at radius 3 is 2.47 bits per heavy atom. The summed E-state index contributed by atoms with van der Waals surface area (Å²) in [6, 6.07) is 3.80. The lowest BCUT2D eigenvalue weighted by Crippen LogP contribution is -2.20. The molecule has 0 aliphatic rings. The maximum atomic E-state index is 13.5. The van der Waals surface area contributed by atoms with E-state index in [1.165, 1.54) is 0 Å². The first-order valence-electron chi connectivity index (χ1n) is 6.52. The number of rotatable bonds is 5. The predicted molar refractivity (Wildman–Crippen MR) is 74.5 cm³/mol. The second kappa shape index (κ2) is 5.97. The molecule has 1 N–H and O–H groups in total. The summed E-state index contributed by atoms with van der Waals surface area (Å²) < 4.78 is 15.6. The van der Waals surface area contributed by atoms with Crippen molar-refractivity contribution in [2.24, 2.45) is 0 Å². The molecule has 0 aliphatic carbocycles. The number of benzene rings is 1. The van der Waals surface area contributed by atoms with Crippen LogP contribution in [-0.2, 0) is 13.1 Å². The van der Waals surface area contributed by atoms with E-state index in [1.807, 2.05) is 31.5 Å². The van der Waals surface area contributed by atoms with Gasteiger partial charge in [0.15, 0.2) is 0 Å². The Bertz CT molecular complexity index is 537. The number of hydrogen-bond donors (Lipinski definition) is 1. The zero-order chi connectivity index (χ0) is 13.8. The van der Waals surface area contributed by atoms with Crippen LogP contribution in [0.2, 0.25) is 0 Å². The van der Waals surface area contributed by atoms with Crippen LogP contribution < -0.4 is 5.32 Å². The topological polar surface area (TPSA) is 29.9 Å². The molecule has 0 saturated carbocycles. The lowest BCUT2D eigenvalue weighted by Gasteiger charge is -2.09. The fourth-order valence-electron chi connectivity index (χ4n) is 2.21. The molecular weight excluding hydrogens is 241 g/mol. The number of halogens is 1. The summed E-state index contributed by atoms with van der Waals surface area (Å²) in [5, 5.41) is 3.37. The van der Waals surface area contributed by atoms with Gasteiger partial charge >= 0.3 is 0 Å². The molecule has 0 spiro atoms. The molecule has 0 bridgehead atoms. The number of hydrogen-bond acceptors (Lipinski definition) is 2. The lowest BCUT2D eigenvalue weighted by molar-refractivity contribution is 0.583. The highest BCUT2D eigenvalue weighted by atomic mass is 19.1. The molecule has 0 saturated heterocycles. The summed E-state index contributed by atoms with van der Waals surface area (Å²) in [6.45, 7) is 8.13. The monoisotopic (exact) mass is 261 g/mol. The van der Waals surface area contributed by atoms with E-state index >= 15 is 0 Å². The molecule has 0 atom stereocenters. The molecule has 3 nitrogen and oxygen atoms in total. The third-order valence-electron chi connectivity index (χ3n) is 3.28. The molecule has 102 valence electrons. The van der Waals surface area contributed by atoms with Gasteiger partial charge in [-0.05, 0) is 37.5 Å². The van der Waals surface area contributed by atoms with E-state index in [4.69, 9.17) is 0 Å². The largest absolute Gasteiger partial charge is 0.334 e. The lowest BCUT2D eigenvalue weighted by atomic mass is 10.1. The third kappa shape index (κ3) is 3.41. The summed E-state index contributed by atoms with van der Waals surface area (Å²) in [5.41, 5.74) is 2.54. The van der Waals surface area contributed by atoms with Gasteiger partial charge in [-0.15, -0.1) is 0 Å². The van der Waals surface area contributed by atoms with Crippen molar-refractivity contribution in [3.8, 4) is 0 Å². The van der Waals surface area contributed by atoms with Crippen LogP contribution in [0.15, 0.2) is 24.5 Å². The molecule has 2 rings (SSSR count). The average molecular weight is 261 g/mol. The number of aromatic nitrogens is 2. The number of imidazole rings is 1. The molecule has 1 heterocycles. The van der Waals surface area contributed by atoms with Gasteiger partial charge in [-0.2, -0.15) is 0 Å². The van der Waals surface area contributed by atoms with Gasteiger partial charge in [0.1, 0.15) is 11.6 Å². The van der Waals surface area contributed by atoms with E-state index in [9.17, 15) is 4.39 Å². The van der Waals surface area contributed by atoms with Crippen LogP contribution in [-0.4, -0.2) is 16.1 Å². The molecule has 0 aliphatic heterocycles. The van der Waals surface area contributed by atoms with Crippen molar-refractivity contribution in [3.05, 3.63) is 52.9 Å². The van der Waals surface area contributed by atoms with Crippen LogP contribution in [0.25, 0.3) is 0 Å². The maximum Gasteiger partial charge on any atom is 0.129 e. The second-order valence-electron chi connectivity index (χ2n) is 4.89. The fraction of sp³-hybridized carbons (Fsp3) is 0.400. The number of nitrogens with one attached hydrogen (secondary N) is 1. The average Bonchev–Trinajstić information content (AvgIpc) is 2.77. The van der Waals surface area contributed by atoms with E-state index in [0.29, 0.717) is 11.1 Å². The van der Waals surface area contributed by atoms with Gasteiger partial charge in [0, 0.05) is 32.0 Å². The minimum atomic E-state index is -0.0993. The fourth-order valence-corrected chi connectivity index (χ4v) is 2.21. The van der Waals surface area contributed by atoms with Gasteiger partial charge in [-0.25, -0.2) is 9.37 Å². The first-order chi connectivity index (χ1) is 9.08. The van der Waals surface area contributed by atoms with Crippen LogP contribution in [0, 0.1) is 26.6 Å². The Kier molecular flexibility index (Phi) is 4.32. The Labute approximate surface area is 113 Å². The molecule has 2 aromatic rings. The molecule has 1 aromatic carbocycles. The SMILES string of the molecule is Cc1cc(CNCCn2ccnc2C)cc(C)c1F. The second-order valence-corrected chi connectivity index (χ2v) is 4.89. The van der Waals surface area contributed by atoms with Gasteiger partial charge < -0.3 is 9.88 Å². The highest BCUT2D eigenvalue weighted by Gasteiger charge is 2.04. The summed E-state index contributed by atoms with van der Waals surface area (Å²) >= 11 is 0. The van der Waals surface area contributed by atoms with Gasteiger partial charge in [0.05, 0.1) is 0 Å². The van der Waals surface area contributed by atoms with Crippen LogP contribution in [0.1, 0.15) is 22.5 Å². The molecule has 0 radical (unpaired) electrons. The Morgan fingerprint density at radius 2 is 1.89 bits per heavy atom. The first kappa shape index (κ1) is 13.7. The van der Waals surface area contributed by atoms with Crippen LogP contribution in [0.3, 0.4) is 0 Å². The summed E-state index contributed by atoms with van der Waals surface area (Å²) in [5.74, 6) is 0.924. The van der Waals surface area contributed by atoms with E-state index in [1.54, 1.807) is 13.8 Å². The quantitative estimate of drug-likeness (QED) is 0.839. The zero-order valence-electron chi connectivity index (χ0n) is 11.7. The maximum absolute atomic E-state index is 13.5. The molecule has 4 heteroatoms. The number of aryl methyl sites for hydroxylation is 3. The van der Waals surface area contributed by atoms with Gasteiger partial charge in [-0.3, -0.25) is 0 Å². The Hall–Kier alpha value is -1.68. The highest BCUT2D eigenvalue weighted by Crippen LogP contribution is 2.14. The minimum absolute atomic E-state index is 0.0993.